The van der Waals surface area contributed by atoms with Crippen LogP contribution in [0, 0.1) is 6.92 Å². The second kappa shape index (κ2) is 15.0. The summed E-state index contributed by atoms with van der Waals surface area (Å²) in [7, 11) is 0. The quantitative estimate of drug-likeness (QED) is 0.265. The summed E-state index contributed by atoms with van der Waals surface area (Å²) in [6.45, 7) is 12.8. The van der Waals surface area contributed by atoms with Crippen molar-refractivity contribution in [2.75, 3.05) is 19.3 Å². The largest absolute Gasteiger partial charge is 0.478 e. The van der Waals surface area contributed by atoms with Crippen molar-refractivity contribution in [2.24, 2.45) is 0 Å². The first-order valence-electron chi connectivity index (χ1n) is 12.4. The van der Waals surface area contributed by atoms with Crippen LogP contribution in [-0.2, 0) is 0 Å². The Morgan fingerprint density at radius 2 is 1.57 bits per heavy atom. The fraction of sp³-hybridized carbons (Fsp3) is 0.367. The first-order valence-corrected chi connectivity index (χ1v) is 14.4. The summed E-state index contributed by atoms with van der Waals surface area (Å²) < 4.78 is 2.44. The Balaban J connectivity index is 0.000000407. The molecule has 4 rings (SSSR count). The second-order valence-corrected chi connectivity index (χ2v) is 10.5. The third-order valence-corrected chi connectivity index (χ3v) is 7.56. The maximum atomic E-state index is 11.4. The summed E-state index contributed by atoms with van der Waals surface area (Å²) in [5.41, 5.74) is 5.10. The highest BCUT2D eigenvalue weighted by molar-refractivity contribution is 7.98. The molecule has 3 nitrogen and oxygen atoms in total. The minimum Gasteiger partial charge on any atom is -0.478 e. The molecular formula is C30H39NO2S2. The smallest absolute Gasteiger partial charge is 0.335 e. The van der Waals surface area contributed by atoms with Crippen LogP contribution < -0.4 is 0 Å². The van der Waals surface area contributed by atoms with E-state index in [1.807, 2.05) is 56.1 Å². The lowest BCUT2D eigenvalue weighted by molar-refractivity contribution is 0.0697. The van der Waals surface area contributed by atoms with E-state index >= 15 is 0 Å². The zero-order valence-electron chi connectivity index (χ0n) is 21.9. The van der Waals surface area contributed by atoms with Gasteiger partial charge in [-0.3, -0.25) is 0 Å². The van der Waals surface area contributed by atoms with Crippen molar-refractivity contribution in [3.8, 4) is 11.1 Å². The molecule has 0 atom stereocenters. The number of carboxylic acid groups (broad SMARTS) is 1. The van der Waals surface area contributed by atoms with Crippen molar-refractivity contribution in [1.82, 2.24) is 4.31 Å². The lowest BCUT2D eigenvalue weighted by Crippen LogP contribution is -2.10. The third-order valence-electron chi connectivity index (χ3n) is 5.61. The number of nitrogens with zero attached hydrogens (tertiary/aromatic N) is 1. The van der Waals surface area contributed by atoms with Gasteiger partial charge in [0.1, 0.15) is 0 Å². The number of thioether (sulfide) groups is 1. The molecule has 1 heterocycles. The number of carbonyl (C=O) groups is 1. The van der Waals surface area contributed by atoms with E-state index in [-0.39, 0.29) is 0 Å². The van der Waals surface area contributed by atoms with Crippen LogP contribution in [0.1, 0.15) is 67.9 Å². The second-order valence-electron chi connectivity index (χ2n) is 8.51. The molecule has 0 radical (unpaired) electrons. The van der Waals surface area contributed by atoms with E-state index in [0.29, 0.717) is 11.5 Å². The molecular weight excluding hydrogens is 470 g/mol. The standard InChI is InChI=1S/C21H25NO2S2.C7H8.C2H6/c1-14(2)17-12-19(25-3)18(13-20(17)26-22-9-4-5-10-22)15-7-6-8-16(11-15)21(23)24;1-7-5-3-2-4-6-7;1-2/h6-8,11-14H,4-5,9-10H2,1-3H3,(H,23,24);2-6H,1H3;1-2H3. The Hall–Kier alpha value is -2.21. The maximum Gasteiger partial charge on any atom is 0.335 e. The number of hydrogen-bond acceptors (Lipinski definition) is 4. The van der Waals surface area contributed by atoms with Crippen LogP contribution in [0.4, 0.5) is 0 Å². The Morgan fingerprint density at radius 1 is 0.914 bits per heavy atom. The molecule has 1 fully saturated rings. The summed E-state index contributed by atoms with van der Waals surface area (Å²) in [5.74, 6) is -0.437. The molecule has 3 aromatic carbocycles. The van der Waals surface area contributed by atoms with Gasteiger partial charge in [0.25, 0.3) is 0 Å². The van der Waals surface area contributed by atoms with Gasteiger partial charge >= 0.3 is 5.97 Å². The predicted octanol–water partition coefficient (Wildman–Crippen LogP) is 9.02. The van der Waals surface area contributed by atoms with Crippen LogP contribution in [0.2, 0.25) is 0 Å². The molecule has 3 aromatic rings. The van der Waals surface area contributed by atoms with Gasteiger partial charge in [0.15, 0.2) is 0 Å². The van der Waals surface area contributed by atoms with E-state index in [0.717, 1.165) is 24.2 Å². The predicted molar refractivity (Wildman–Crippen MR) is 154 cm³/mol. The Bertz CT molecular complexity index is 1060. The average Bonchev–Trinajstić information content (AvgIpc) is 3.39. The topological polar surface area (TPSA) is 40.5 Å². The molecule has 0 aromatic heterocycles. The van der Waals surface area contributed by atoms with Gasteiger partial charge in [0.2, 0.25) is 0 Å². The molecule has 0 bridgehead atoms. The van der Waals surface area contributed by atoms with Gasteiger partial charge < -0.3 is 5.11 Å². The van der Waals surface area contributed by atoms with Crippen molar-refractivity contribution in [2.45, 2.75) is 63.2 Å². The molecule has 5 heteroatoms. The van der Waals surface area contributed by atoms with Crippen LogP contribution in [0.15, 0.2) is 76.5 Å². The van der Waals surface area contributed by atoms with Crippen molar-refractivity contribution in [3.63, 3.8) is 0 Å². The van der Waals surface area contributed by atoms with Gasteiger partial charge in [-0.15, -0.1) is 11.8 Å². The number of benzene rings is 3. The monoisotopic (exact) mass is 509 g/mol. The normalized spacial score (nSPS) is 13.0. The van der Waals surface area contributed by atoms with Gasteiger partial charge in [0, 0.05) is 22.9 Å². The minimum absolute atomic E-state index is 0.330. The van der Waals surface area contributed by atoms with E-state index in [9.17, 15) is 9.90 Å². The zero-order chi connectivity index (χ0) is 25.8. The fourth-order valence-electron chi connectivity index (χ4n) is 3.77. The SMILES string of the molecule is CC.CSc1cc(C(C)C)c(SN2CCCC2)cc1-c1cccc(C(=O)O)c1.Cc1ccccc1. The molecule has 1 aliphatic heterocycles. The Labute approximate surface area is 220 Å². The van der Waals surface area contributed by atoms with E-state index in [1.165, 1.54) is 33.8 Å². The van der Waals surface area contributed by atoms with Crippen LogP contribution in [0.25, 0.3) is 11.1 Å². The molecule has 0 saturated carbocycles. The van der Waals surface area contributed by atoms with Crippen molar-refractivity contribution >= 4 is 29.7 Å². The van der Waals surface area contributed by atoms with Gasteiger partial charge in [-0.2, -0.15) is 0 Å². The molecule has 1 N–H and O–H groups in total. The van der Waals surface area contributed by atoms with Crippen molar-refractivity contribution in [1.29, 1.82) is 0 Å². The number of aromatic carboxylic acids is 1. The maximum absolute atomic E-state index is 11.4. The van der Waals surface area contributed by atoms with Crippen molar-refractivity contribution < 1.29 is 9.90 Å². The summed E-state index contributed by atoms with van der Waals surface area (Å²) >= 11 is 3.57. The van der Waals surface area contributed by atoms with Crippen molar-refractivity contribution in [3.05, 3.63) is 83.4 Å². The van der Waals surface area contributed by atoms with Crippen LogP contribution in [-0.4, -0.2) is 34.7 Å². The highest BCUT2D eigenvalue weighted by Crippen LogP contribution is 2.40. The summed E-state index contributed by atoms with van der Waals surface area (Å²) in [6.07, 6.45) is 4.61. The molecule has 0 unspecified atom stereocenters. The van der Waals surface area contributed by atoms with E-state index in [1.54, 1.807) is 23.9 Å². The summed E-state index contributed by atoms with van der Waals surface area (Å²) in [5, 5.41) is 9.33. The fourth-order valence-corrected chi connectivity index (χ4v) is 5.70. The lowest BCUT2D eigenvalue weighted by Gasteiger charge is -2.21. The van der Waals surface area contributed by atoms with Crippen LogP contribution >= 0.6 is 23.7 Å². The number of hydrogen-bond donors (Lipinski definition) is 1. The Morgan fingerprint density at radius 3 is 2.09 bits per heavy atom. The first-order chi connectivity index (χ1) is 16.9. The summed E-state index contributed by atoms with van der Waals surface area (Å²) in [6, 6.07) is 22.1. The molecule has 0 aliphatic carbocycles. The number of carboxylic acids is 1. The lowest BCUT2D eigenvalue weighted by atomic mass is 9.97. The molecule has 1 saturated heterocycles. The Kier molecular flexibility index (Phi) is 12.5. The highest BCUT2D eigenvalue weighted by Gasteiger charge is 2.19. The minimum atomic E-state index is -0.886. The van der Waals surface area contributed by atoms with E-state index in [4.69, 9.17) is 0 Å². The molecule has 35 heavy (non-hydrogen) atoms. The zero-order valence-corrected chi connectivity index (χ0v) is 23.5. The number of aryl methyl sites for hydroxylation is 1. The van der Waals surface area contributed by atoms with Gasteiger partial charge in [-0.1, -0.05) is 75.7 Å². The number of rotatable bonds is 6. The van der Waals surface area contributed by atoms with E-state index < -0.39 is 5.97 Å². The summed E-state index contributed by atoms with van der Waals surface area (Å²) in [4.78, 5) is 13.8. The molecule has 188 valence electrons. The molecule has 0 amide bonds. The van der Waals surface area contributed by atoms with Crippen LogP contribution in [0.5, 0.6) is 0 Å². The molecule has 0 spiro atoms. The average molecular weight is 510 g/mol. The van der Waals surface area contributed by atoms with Crippen LogP contribution in [0.3, 0.4) is 0 Å². The van der Waals surface area contributed by atoms with E-state index in [2.05, 4.69) is 55.6 Å². The highest BCUT2D eigenvalue weighted by atomic mass is 32.2. The van der Waals surface area contributed by atoms with Gasteiger partial charge in [0.05, 0.1) is 5.56 Å². The van der Waals surface area contributed by atoms with Gasteiger partial charge in [-0.25, -0.2) is 9.10 Å². The third kappa shape index (κ3) is 8.75. The molecule has 1 aliphatic rings. The van der Waals surface area contributed by atoms with Gasteiger partial charge in [-0.05, 0) is 84.8 Å². The first kappa shape index (κ1) is 29.0.